The summed E-state index contributed by atoms with van der Waals surface area (Å²) < 4.78 is 0. The van der Waals surface area contributed by atoms with E-state index in [0.29, 0.717) is 22.1 Å². The van der Waals surface area contributed by atoms with E-state index in [9.17, 15) is 4.79 Å². The van der Waals surface area contributed by atoms with E-state index < -0.39 is 0 Å². The topological polar surface area (TPSA) is 66.9 Å². The van der Waals surface area contributed by atoms with Crippen LogP contribution in [0.4, 0.5) is 17.2 Å². The second-order valence-corrected chi connectivity index (χ2v) is 6.28. The number of carbonyl (C=O) groups is 1. The first-order valence-electron chi connectivity index (χ1n) is 8.33. The Morgan fingerprint density at radius 3 is 2.48 bits per heavy atom. The molecule has 1 amide bonds. The van der Waals surface area contributed by atoms with E-state index in [0.717, 1.165) is 16.6 Å². The largest absolute Gasteiger partial charge is 0.338 e. The number of aromatic nitrogens is 2. The molecule has 0 spiro atoms. The highest BCUT2D eigenvalue weighted by atomic mass is 35.5. The van der Waals surface area contributed by atoms with Crippen molar-refractivity contribution in [3.8, 4) is 0 Å². The lowest BCUT2D eigenvalue weighted by molar-refractivity contribution is 0.102. The monoisotopic (exact) mass is 374 g/mol. The number of amides is 1. The van der Waals surface area contributed by atoms with E-state index in [2.05, 4.69) is 20.6 Å². The lowest BCUT2D eigenvalue weighted by Crippen LogP contribution is -2.12. The maximum Gasteiger partial charge on any atom is 0.257 e. The van der Waals surface area contributed by atoms with Crippen molar-refractivity contribution in [2.75, 3.05) is 10.6 Å². The van der Waals surface area contributed by atoms with Crippen molar-refractivity contribution >= 4 is 45.6 Å². The lowest BCUT2D eigenvalue weighted by atomic mass is 10.2. The van der Waals surface area contributed by atoms with Crippen molar-refractivity contribution in [2.24, 2.45) is 0 Å². The SMILES string of the molecule is O=C(Nc1ccccc1Cl)c1ccc(Nc2cccc3cccnc23)nc1. The number of hydrogen-bond acceptors (Lipinski definition) is 4. The number of hydrogen-bond donors (Lipinski definition) is 2. The number of nitrogens with one attached hydrogen (secondary N) is 2. The van der Waals surface area contributed by atoms with Gasteiger partial charge in [0.2, 0.25) is 0 Å². The second-order valence-electron chi connectivity index (χ2n) is 5.87. The summed E-state index contributed by atoms with van der Waals surface area (Å²) in [6, 6.07) is 20.4. The molecule has 27 heavy (non-hydrogen) atoms. The highest BCUT2D eigenvalue weighted by molar-refractivity contribution is 6.33. The molecule has 2 N–H and O–H groups in total. The molecule has 4 aromatic rings. The predicted octanol–water partition coefficient (Wildman–Crippen LogP) is 5.28. The molecular weight excluding hydrogens is 360 g/mol. The summed E-state index contributed by atoms with van der Waals surface area (Å²) >= 11 is 6.07. The normalized spacial score (nSPS) is 10.6. The van der Waals surface area contributed by atoms with E-state index in [4.69, 9.17) is 11.6 Å². The van der Waals surface area contributed by atoms with Crippen LogP contribution < -0.4 is 10.6 Å². The molecule has 6 heteroatoms. The third-order valence-corrected chi connectivity index (χ3v) is 4.37. The van der Waals surface area contributed by atoms with Gasteiger partial charge in [0.15, 0.2) is 0 Å². The van der Waals surface area contributed by atoms with E-state index in [1.807, 2.05) is 42.5 Å². The molecule has 0 unspecified atom stereocenters. The number of fused-ring (bicyclic) bond motifs is 1. The predicted molar refractivity (Wildman–Crippen MR) is 109 cm³/mol. The van der Waals surface area contributed by atoms with Gasteiger partial charge >= 0.3 is 0 Å². The maximum absolute atomic E-state index is 12.4. The molecule has 0 aliphatic rings. The Morgan fingerprint density at radius 2 is 1.67 bits per heavy atom. The van der Waals surface area contributed by atoms with Gasteiger partial charge in [-0.15, -0.1) is 0 Å². The minimum Gasteiger partial charge on any atom is -0.338 e. The van der Waals surface area contributed by atoms with Crippen LogP contribution in [0.15, 0.2) is 79.1 Å². The molecule has 2 aromatic heterocycles. The molecular formula is C21H15ClN4O. The van der Waals surface area contributed by atoms with Gasteiger partial charge in [0.05, 0.1) is 27.5 Å². The van der Waals surface area contributed by atoms with Crippen LogP contribution in [0.3, 0.4) is 0 Å². The van der Waals surface area contributed by atoms with Gasteiger partial charge in [-0.25, -0.2) is 4.98 Å². The fourth-order valence-corrected chi connectivity index (χ4v) is 2.89. The smallest absolute Gasteiger partial charge is 0.257 e. The zero-order valence-corrected chi connectivity index (χ0v) is 14.9. The average molecular weight is 375 g/mol. The molecule has 5 nitrogen and oxygen atoms in total. The zero-order chi connectivity index (χ0) is 18.6. The second kappa shape index (κ2) is 7.43. The number of pyridine rings is 2. The summed E-state index contributed by atoms with van der Waals surface area (Å²) in [7, 11) is 0. The summed E-state index contributed by atoms with van der Waals surface area (Å²) in [6.07, 6.45) is 3.27. The van der Waals surface area contributed by atoms with Crippen molar-refractivity contribution in [1.29, 1.82) is 0 Å². The molecule has 0 bridgehead atoms. The van der Waals surface area contributed by atoms with Gasteiger partial charge in [-0.2, -0.15) is 0 Å². The fourth-order valence-electron chi connectivity index (χ4n) is 2.70. The number of anilines is 3. The first-order chi connectivity index (χ1) is 13.2. The van der Waals surface area contributed by atoms with E-state index in [1.54, 1.807) is 30.5 Å². The Hall–Kier alpha value is -3.44. The molecule has 0 saturated heterocycles. The minimum absolute atomic E-state index is 0.269. The van der Waals surface area contributed by atoms with Gasteiger partial charge in [-0.1, -0.05) is 41.9 Å². The molecule has 0 fully saturated rings. The molecule has 0 aliphatic heterocycles. The zero-order valence-electron chi connectivity index (χ0n) is 14.2. The molecule has 2 heterocycles. The third kappa shape index (κ3) is 3.73. The van der Waals surface area contributed by atoms with Gasteiger partial charge in [-0.3, -0.25) is 9.78 Å². The van der Waals surface area contributed by atoms with Crippen LogP contribution >= 0.6 is 11.6 Å². The van der Waals surface area contributed by atoms with Crippen LogP contribution in [0.5, 0.6) is 0 Å². The molecule has 0 saturated carbocycles. The fraction of sp³-hybridized carbons (Fsp3) is 0. The van der Waals surface area contributed by atoms with Gasteiger partial charge < -0.3 is 10.6 Å². The Balaban J connectivity index is 1.52. The summed E-state index contributed by atoms with van der Waals surface area (Å²) in [4.78, 5) is 21.1. The van der Waals surface area contributed by atoms with Gasteiger partial charge in [0.1, 0.15) is 5.82 Å². The van der Waals surface area contributed by atoms with Crippen LogP contribution in [0.2, 0.25) is 5.02 Å². The van der Waals surface area contributed by atoms with Crippen LogP contribution in [0.25, 0.3) is 10.9 Å². The Labute approximate surface area is 161 Å². The first kappa shape index (κ1) is 17.0. The van der Waals surface area contributed by atoms with Crippen LogP contribution in [-0.4, -0.2) is 15.9 Å². The quantitative estimate of drug-likeness (QED) is 0.510. The maximum atomic E-state index is 12.4. The van der Waals surface area contributed by atoms with Crippen molar-refractivity contribution in [3.63, 3.8) is 0 Å². The van der Waals surface area contributed by atoms with Crippen LogP contribution in [-0.2, 0) is 0 Å². The Kier molecular flexibility index (Phi) is 4.68. The number of para-hydroxylation sites is 2. The highest BCUT2D eigenvalue weighted by Gasteiger charge is 2.09. The highest BCUT2D eigenvalue weighted by Crippen LogP contribution is 2.24. The summed E-state index contributed by atoms with van der Waals surface area (Å²) in [6.45, 7) is 0. The minimum atomic E-state index is -0.269. The summed E-state index contributed by atoms with van der Waals surface area (Å²) in [5.41, 5.74) is 2.72. The van der Waals surface area contributed by atoms with Crippen LogP contribution in [0, 0.1) is 0 Å². The third-order valence-electron chi connectivity index (χ3n) is 4.04. The number of carbonyl (C=O) groups excluding carboxylic acids is 1. The molecule has 0 radical (unpaired) electrons. The Bertz CT molecular complexity index is 1110. The molecule has 4 rings (SSSR count). The van der Waals surface area contributed by atoms with Crippen molar-refractivity contribution in [2.45, 2.75) is 0 Å². The number of benzene rings is 2. The lowest BCUT2D eigenvalue weighted by Gasteiger charge is -2.10. The standard InChI is InChI=1S/C21H15ClN4O/c22-16-7-1-2-8-17(16)26-21(27)15-10-11-19(24-13-15)25-18-9-3-5-14-6-4-12-23-20(14)18/h1-13H,(H,24,25)(H,26,27). The van der Waals surface area contributed by atoms with Crippen molar-refractivity contribution in [1.82, 2.24) is 9.97 Å². The average Bonchev–Trinajstić information content (AvgIpc) is 2.70. The molecule has 2 aromatic carbocycles. The van der Waals surface area contributed by atoms with Crippen LogP contribution in [0.1, 0.15) is 10.4 Å². The molecule has 132 valence electrons. The van der Waals surface area contributed by atoms with E-state index in [-0.39, 0.29) is 5.91 Å². The number of nitrogens with zero attached hydrogens (tertiary/aromatic N) is 2. The molecule has 0 atom stereocenters. The van der Waals surface area contributed by atoms with Crippen molar-refractivity contribution < 1.29 is 4.79 Å². The van der Waals surface area contributed by atoms with E-state index >= 15 is 0 Å². The van der Waals surface area contributed by atoms with Gasteiger partial charge in [-0.05, 0) is 36.4 Å². The number of rotatable bonds is 4. The van der Waals surface area contributed by atoms with Gasteiger partial charge in [0.25, 0.3) is 5.91 Å². The Morgan fingerprint density at radius 1 is 0.852 bits per heavy atom. The van der Waals surface area contributed by atoms with Crippen molar-refractivity contribution in [3.05, 3.63) is 89.7 Å². The summed E-state index contributed by atoms with van der Waals surface area (Å²) in [5, 5.41) is 7.55. The van der Waals surface area contributed by atoms with Gasteiger partial charge in [0, 0.05) is 17.8 Å². The number of halogens is 1. The van der Waals surface area contributed by atoms with E-state index in [1.165, 1.54) is 6.20 Å². The molecule has 0 aliphatic carbocycles. The first-order valence-corrected chi connectivity index (χ1v) is 8.71. The summed E-state index contributed by atoms with van der Waals surface area (Å²) in [5.74, 6) is 0.358.